The molecule has 0 unspecified atom stereocenters. The molecule has 0 radical (unpaired) electrons. The summed E-state index contributed by atoms with van der Waals surface area (Å²) in [5.74, 6) is -0.169. The minimum absolute atomic E-state index is 0.0462. The van der Waals surface area contributed by atoms with Crippen LogP contribution in [-0.4, -0.2) is 26.0 Å². The molecular formula is C29H27NO3S. The SMILES string of the molecule is C1=Cc2ccccc2CC=N1.CS(=O)(=O)c1c(O)ccc2c1=CCc1c3c(ccc1=2)=CCCC3. The van der Waals surface area contributed by atoms with Crippen LogP contribution in [0.25, 0.3) is 18.2 Å². The van der Waals surface area contributed by atoms with Gasteiger partial charge in [-0.15, -0.1) is 0 Å². The van der Waals surface area contributed by atoms with Gasteiger partial charge in [-0.2, -0.15) is 0 Å². The molecule has 3 aromatic carbocycles. The van der Waals surface area contributed by atoms with Gasteiger partial charge in [-0.05, 0) is 75.7 Å². The van der Waals surface area contributed by atoms with E-state index in [1.165, 1.54) is 40.0 Å². The van der Waals surface area contributed by atoms with E-state index in [0.29, 0.717) is 11.6 Å². The second-order valence-corrected chi connectivity index (χ2v) is 10.8. The van der Waals surface area contributed by atoms with Gasteiger partial charge in [-0.3, -0.25) is 4.99 Å². The van der Waals surface area contributed by atoms with Crippen molar-refractivity contribution in [2.45, 2.75) is 37.0 Å². The molecule has 172 valence electrons. The van der Waals surface area contributed by atoms with Crippen molar-refractivity contribution < 1.29 is 13.5 Å². The van der Waals surface area contributed by atoms with E-state index in [-0.39, 0.29) is 10.6 Å². The molecule has 0 saturated carbocycles. The third-order valence-electron chi connectivity index (χ3n) is 6.62. The highest BCUT2D eigenvalue weighted by molar-refractivity contribution is 7.90. The standard InChI is InChI=1S/C19H18O3S.C10H9N/c1-23(21,22)19-17-9-8-14-13-5-3-2-4-12(13)6-7-15(14)16(17)10-11-18(19)20;1-2-4-10-6-8-11-7-5-9(10)3-1/h4,6-7,9-11,20H,2-3,5,8H2,1H3;1-5,7-8H,6H2. The molecule has 34 heavy (non-hydrogen) atoms. The lowest BCUT2D eigenvalue weighted by Gasteiger charge is -2.17. The van der Waals surface area contributed by atoms with E-state index in [9.17, 15) is 13.5 Å². The highest BCUT2D eigenvalue weighted by Gasteiger charge is 2.19. The van der Waals surface area contributed by atoms with E-state index in [0.717, 1.165) is 36.0 Å². The molecule has 0 bridgehead atoms. The molecule has 1 heterocycles. The van der Waals surface area contributed by atoms with Gasteiger partial charge < -0.3 is 5.11 Å². The highest BCUT2D eigenvalue weighted by Crippen LogP contribution is 2.22. The van der Waals surface area contributed by atoms with Crippen LogP contribution in [0.4, 0.5) is 0 Å². The number of phenols is 1. The van der Waals surface area contributed by atoms with Crippen LogP contribution in [0.5, 0.6) is 5.75 Å². The van der Waals surface area contributed by atoms with Crippen molar-refractivity contribution in [1.29, 1.82) is 0 Å². The molecule has 3 aromatic rings. The van der Waals surface area contributed by atoms with E-state index >= 15 is 0 Å². The number of nitrogens with zero attached hydrogens (tertiary/aromatic N) is 1. The van der Waals surface area contributed by atoms with Crippen molar-refractivity contribution >= 4 is 34.3 Å². The van der Waals surface area contributed by atoms with Crippen LogP contribution in [0.1, 0.15) is 35.1 Å². The van der Waals surface area contributed by atoms with E-state index in [1.807, 2.05) is 30.6 Å². The number of hydrogen-bond donors (Lipinski definition) is 1. The lowest BCUT2D eigenvalue weighted by molar-refractivity contribution is 0.457. The Bertz CT molecular complexity index is 1670. The lowest BCUT2D eigenvalue weighted by atomic mass is 9.89. The van der Waals surface area contributed by atoms with Gasteiger partial charge >= 0.3 is 0 Å². The van der Waals surface area contributed by atoms with E-state index < -0.39 is 9.84 Å². The Morgan fingerprint density at radius 2 is 1.74 bits per heavy atom. The average molecular weight is 470 g/mol. The van der Waals surface area contributed by atoms with Gasteiger partial charge in [0.15, 0.2) is 9.84 Å². The van der Waals surface area contributed by atoms with Gasteiger partial charge in [0.1, 0.15) is 10.6 Å². The normalized spacial score (nSPS) is 15.2. The first-order valence-electron chi connectivity index (χ1n) is 11.6. The molecule has 0 atom stereocenters. The topological polar surface area (TPSA) is 66.7 Å². The second-order valence-electron chi connectivity index (χ2n) is 8.86. The van der Waals surface area contributed by atoms with Gasteiger partial charge in [-0.25, -0.2) is 8.42 Å². The summed E-state index contributed by atoms with van der Waals surface area (Å²) in [5.41, 5.74) is 5.33. The quantitative estimate of drug-likeness (QED) is 0.589. The Hall–Kier alpha value is -3.44. The van der Waals surface area contributed by atoms with Crippen LogP contribution in [0.15, 0.2) is 64.6 Å². The Morgan fingerprint density at radius 3 is 2.59 bits per heavy atom. The molecule has 4 nitrogen and oxygen atoms in total. The lowest BCUT2D eigenvalue weighted by Crippen LogP contribution is -2.22. The molecule has 0 amide bonds. The van der Waals surface area contributed by atoms with Crippen molar-refractivity contribution in [3.63, 3.8) is 0 Å². The number of rotatable bonds is 1. The summed E-state index contributed by atoms with van der Waals surface area (Å²) in [6.45, 7) is 0. The maximum absolute atomic E-state index is 12.1. The fraction of sp³-hybridized carbons (Fsp3) is 0.207. The molecule has 6 rings (SSSR count). The van der Waals surface area contributed by atoms with Crippen LogP contribution in [0.2, 0.25) is 0 Å². The van der Waals surface area contributed by atoms with Crippen LogP contribution in [0.3, 0.4) is 0 Å². The van der Waals surface area contributed by atoms with Crippen LogP contribution in [-0.2, 0) is 29.1 Å². The first kappa shape index (κ1) is 22.4. The summed E-state index contributed by atoms with van der Waals surface area (Å²) in [7, 11) is -3.48. The number of aromatic hydroxyl groups is 1. The summed E-state index contributed by atoms with van der Waals surface area (Å²) in [4.78, 5) is 4.13. The summed E-state index contributed by atoms with van der Waals surface area (Å²) < 4.78 is 24.2. The number of hydrogen-bond acceptors (Lipinski definition) is 4. The molecule has 5 heteroatoms. The number of benzene rings is 3. The molecule has 0 spiro atoms. The minimum Gasteiger partial charge on any atom is -0.507 e. The van der Waals surface area contributed by atoms with Gasteiger partial charge in [0, 0.05) is 30.3 Å². The van der Waals surface area contributed by atoms with Crippen LogP contribution >= 0.6 is 0 Å². The van der Waals surface area contributed by atoms with Gasteiger partial charge in [0.05, 0.1) is 0 Å². The smallest absolute Gasteiger partial charge is 0.179 e. The molecule has 0 saturated heterocycles. The summed E-state index contributed by atoms with van der Waals surface area (Å²) in [5, 5.41) is 14.0. The van der Waals surface area contributed by atoms with E-state index in [1.54, 1.807) is 0 Å². The Kier molecular flexibility index (Phi) is 5.96. The summed E-state index contributed by atoms with van der Waals surface area (Å²) in [6, 6.07) is 15.9. The first-order valence-corrected chi connectivity index (χ1v) is 13.5. The van der Waals surface area contributed by atoms with Crippen molar-refractivity contribution in [3.05, 3.63) is 97.9 Å². The average Bonchev–Trinajstić information content (AvgIpc) is 3.08. The number of phenolic OH excluding ortho intramolecular Hbond substituents is 1. The van der Waals surface area contributed by atoms with Crippen molar-refractivity contribution in [1.82, 2.24) is 0 Å². The molecule has 2 aliphatic carbocycles. The van der Waals surface area contributed by atoms with Crippen molar-refractivity contribution in [2.75, 3.05) is 6.26 Å². The zero-order valence-electron chi connectivity index (χ0n) is 19.2. The van der Waals surface area contributed by atoms with Gasteiger partial charge in [0.2, 0.25) is 0 Å². The second kappa shape index (κ2) is 9.07. The predicted molar refractivity (Wildman–Crippen MR) is 138 cm³/mol. The zero-order valence-corrected chi connectivity index (χ0v) is 20.0. The van der Waals surface area contributed by atoms with Gasteiger partial charge in [-0.1, -0.05) is 54.6 Å². The first-order chi connectivity index (χ1) is 16.4. The van der Waals surface area contributed by atoms with Gasteiger partial charge in [0.25, 0.3) is 0 Å². The summed E-state index contributed by atoms with van der Waals surface area (Å²) in [6.07, 6.45) is 16.2. The maximum atomic E-state index is 12.1. The van der Waals surface area contributed by atoms with Crippen LogP contribution in [0, 0.1) is 10.4 Å². The molecule has 1 N–H and O–H groups in total. The van der Waals surface area contributed by atoms with E-state index in [4.69, 9.17) is 0 Å². The Balaban J connectivity index is 0.000000183. The zero-order chi connectivity index (χ0) is 23.7. The molecule has 3 aliphatic rings. The highest BCUT2D eigenvalue weighted by atomic mass is 32.2. The number of aliphatic imine (C=N–C) groups is 1. The van der Waals surface area contributed by atoms with Crippen molar-refractivity contribution in [2.24, 2.45) is 4.99 Å². The third kappa shape index (κ3) is 4.24. The van der Waals surface area contributed by atoms with Crippen molar-refractivity contribution in [3.8, 4) is 5.75 Å². The maximum Gasteiger partial charge on any atom is 0.179 e. The summed E-state index contributed by atoms with van der Waals surface area (Å²) >= 11 is 0. The molecule has 0 fully saturated rings. The number of sulfone groups is 1. The predicted octanol–water partition coefficient (Wildman–Crippen LogP) is 3.82. The minimum atomic E-state index is -3.48. The molecule has 1 aliphatic heterocycles. The van der Waals surface area contributed by atoms with E-state index in [2.05, 4.69) is 47.5 Å². The molecular weight excluding hydrogens is 442 g/mol. The fourth-order valence-corrected chi connectivity index (χ4v) is 6.10. The van der Waals surface area contributed by atoms with Crippen LogP contribution < -0.4 is 10.4 Å². The monoisotopic (exact) mass is 469 g/mol. The Labute approximate surface area is 199 Å². The Morgan fingerprint density at radius 1 is 0.912 bits per heavy atom. The third-order valence-corrected chi connectivity index (χ3v) is 7.79. The largest absolute Gasteiger partial charge is 0.507 e. The molecule has 0 aromatic heterocycles. The number of fused-ring (bicyclic) bond motifs is 5. The fourth-order valence-electron chi connectivity index (χ4n) is 5.06.